The fraction of sp³-hybridized carbons (Fsp3) is 0.0750. The van der Waals surface area contributed by atoms with Crippen LogP contribution in [0.5, 0.6) is 0 Å². The lowest BCUT2D eigenvalue weighted by Crippen LogP contribution is -2.81. The molecule has 6 rings (SSSR count). The van der Waals surface area contributed by atoms with Crippen LogP contribution in [-0.2, 0) is 14.1 Å². The summed E-state index contributed by atoms with van der Waals surface area (Å²) in [7, 11) is -2.32. The van der Waals surface area contributed by atoms with Gasteiger partial charge < -0.3 is 0 Å². The lowest BCUT2D eigenvalue weighted by molar-refractivity contribution is 0.102. The van der Waals surface area contributed by atoms with Gasteiger partial charge >= 0.3 is 0 Å². The summed E-state index contributed by atoms with van der Waals surface area (Å²) in [5, 5.41) is 0. The zero-order valence-corrected chi connectivity index (χ0v) is 32.1. The van der Waals surface area contributed by atoms with Crippen molar-refractivity contribution in [1.29, 1.82) is 0 Å². The predicted molar refractivity (Wildman–Crippen MR) is 188 cm³/mol. The van der Waals surface area contributed by atoms with Crippen molar-refractivity contribution in [3.8, 4) is 0 Å². The second kappa shape index (κ2) is 17.8. The molecule has 6 aromatic carbocycles. The normalized spacial score (nSPS) is 12.5. The molecule has 0 aliphatic heterocycles. The van der Waals surface area contributed by atoms with Gasteiger partial charge in [0.25, 0.3) is 0 Å². The number of rotatable bonds is 8. The zero-order chi connectivity index (χ0) is 48.2. The van der Waals surface area contributed by atoms with E-state index in [1.54, 1.807) is 18.4 Å². The molecule has 0 saturated heterocycles. The number of halogens is 20. The molecule has 0 bridgehead atoms. The fourth-order valence-corrected chi connectivity index (χ4v) is 8.29. The maximum Gasteiger partial charge on any atom is 0.212 e. The topological polar surface area (TPSA) is 34.1 Å². The zero-order valence-electron chi connectivity index (χ0n) is 31.3. The molecule has 1 atom stereocenters. The van der Waals surface area contributed by atoms with Crippen molar-refractivity contribution in [3.63, 3.8) is 0 Å². The molecule has 0 saturated carbocycles. The third-order valence-corrected chi connectivity index (χ3v) is 11.8. The Balaban J connectivity index is 0.000000337. The molecule has 0 aromatic heterocycles. The Bertz CT molecular complexity index is 2550. The van der Waals surface area contributed by atoms with Crippen LogP contribution in [0.1, 0.15) is 15.9 Å². The highest BCUT2D eigenvalue weighted by Gasteiger charge is 2.52. The molecule has 0 aliphatic rings. The highest BCUT2D eigenvalue weighted by Crippen LogP contribution is 2.31. The Labute approximate surface area is 346 Å². The van der Waals surface area contributed by atoms with E-state index in [0.717, 1.165) is 10.5 Å². The first-order valence-electron chi connectivity index (χ1n) is 17.0. The highest BCUT2D eigenvalue weighted by atomic mass is 32.2. The molecule has 24 heteroatoms. The van der Waals surface area contributed by atoms with Gasteiger partial charge in [-0.05, 0) is 19.1 Å². The molecule has 0 heterocycles. The minimum Gasteiger partial charge on any atom is -0.289 e. The number of hydrogen-bond acceptors (Lipinski definition) is 2. The average Bonchev–Trinajstić information content (AvgIpc) is 3.26. The summed E-state index contributed by atoms with van der Waals surface area (Å²) in [5.41, 5.74) is -12.6. The van der Waals surface area contributed by atoms with Crippen LogP contribution in [-0.4, -0.2) is 23.9 Å². The second-order valence-electron chi connectivity index (χ2n) is 13.6. The van der Waals surface area contributed by atoms with Gasteiger partial charge in [0.1, 0.15) is 68.9 Å². The molecule has 0 spiro atoms. The summed E-state index contributed by atoms with van der Waals surface area (Å²) >= 11 is 0. The maximum absolute atomic E-state index is 15.4. The van der Waals surface area contributed by atoms with Gasteiger partial charge in [-0.1, -0.05) is 52.2 Å². The number of carbonyl (C=O) groups is 1. The summed E-state index contributed by atoms with van der Waals surface area (Å²) in [5.74, 6) is -71.4. The van der Waals surface area contributed by atoms with Gasteiger partial charge in [0.2, 0.25) is 5.78 Å². The first kappa shape index (κ1) is 48.8. The molecule has 2 nitrogen and oxygen atoms in total. The Kier molecular flexibility index (Phi) is 13.5. The molecule has 0 amide bonds. The quantitative estimate of drug-likeness (QED) is 0.0381. The standard InChI is InChI=1S/C24BF20.C16H17O2S/c26-5-1(6(27)14(35)21(42)13(5)34)25(2-7(28)15(36)22(43)16(37)8(2)29,3-9(30)17(38)23(44)18(39)10(3)31)4-11(32)19(40)24(45)20(41)12(4)33;1-13-8-10-15(11-9-13)19(2,18)12-16(17)14-6-4-3-5-7-14/h;3-11H,12H2,1-2H3/q-1;+1. The Morgan fingerprint density at radius 3 is 0.875 bits per heavy atom. The van der Waals surface area contributed by atoms with Gasteiger partial charge in [-0.25, -0.2) is 87.8 Å². The van der Waals surface area contributed by atoms with Gasteiger partial charge in [0.05, 0.1) is 0 Å². The second-order valence-corrected chi connectivity index (χ2v) is 16.3. The molecule has 1 unspecified atom stereocenters. The largest absolute Gasteiger partial charge is 0.289 e. The molecular formula is C40H17BF20O2S. The Morgan fingerprint density at radius 2 is 0.625 bits per heavy atom. The maximum atomic E-state index is 15.4. The van der Waals surface area contributed by atoms with Crippen LogP contribution >= 0.6 is 0 Å². The first-order chi connectivity index (χ1) is 29.7. The van der Waals surface area contributed by atoms with Crippen LogP contribution in [0.2, 0.25) is 0 Å². The summed E-state index contributed by atoms with van der Waals surface area (Å²) < 4.78 is 307. The van der Waals surface area contributed by atoms with E-state index >= 15 is 35.1 Å². The Hall–Kier alpha value is -6.20. The highest BCUT2D eigenvalue weighted by molar-refractivity contribution is 8.03. The number of ketones is 1. The minimum absolute atomic E-state index is 0.0556. The number of carbonyl (C=O) groups excluding carboxylic acids is 1. The van der Waals surface area contributed by atoms with Gasteiger partial charge in [-0.15, -0.1) is 21.9 Å². The van der Waals surface area contributed by atoms with E-state index in [-0.39, 0.29) is 11.5 Å². The van der Waals surface area contributed by atoms with Crippen molar-refractivity contribution < 1.29 is 96.8 Å². The van der Waals surface area contributed by atoms with E-state index in [1.807, 2.05) is 49.4 Å². The van der Waals surface area contributed by atoms with E-state index in [9.17, 15) is 61.7 Å². The number of hydrogen-bond donors (Lipinski definition) is 0. The van der Waals surface area contributed by atoms with E-state index in [2.05, 4.69) is 0 Å². The predicted octanol–water partition coefficient (Wildman–Crippen LogP) is 9.21. The molecule has 0 N–H and O–H groups in total. The lowest BCUT2D eigenvalue weighted by Gasteiger charge is -2.44. The molecule has 0 radical (unpaired) electrons. The summed E-state index contributed by atoms with van der Waals surface area (Å²) in [6.07, 6.45) is -5.57. The molecule has 0 fully saturated rings. The van der Waals surface area contributed by atoms with Crippen LogP contribution in [0.25, 0.3) is 0 Å². The first-order valence-corrected chi connectivity index (χ1v) is 19.2. The number of benzene rings is 6. The van der Waals surface area contributed by atoms with Gasteiger partial charge in [-0.2, -0.15) is 0 Å². The third kappa shape index (κ3) is 7.78. The molecule has 64 heavy (non-hydrogen) atoms. The van der Waals surface area contributed by atoms with E-state index in [1.165, 1.54) is 0 Å². The van der Waals surface area contributed by atoms with Gasteiger partial charge in [0.15, 0.2) is 80.5 Å². The van der Waals surface area contributed by atoms with Crippen LogP contribution in [0.3, 0.4) is 0 Å². The van der Waals surface area contributed by atoms with E-state index in [4.69, 9.17) is 0 Å². The van der Waals surface area contributed by atoms with Crippen molar-refractivity contribution >= 4 is 43.7 Å². The molecule has 338 valence electrons. The third-order valence-electron chi connectivity index (χ3n) is 9.73. The summed E-state index contributed by atoms with van der Waals surface area (Å²) in [4.78, 5) is 12.9. The van der Waals surface area contributed by atoms with Gasteiger partial charge in [0, 0.05) is 5.56 Å². The van der Waals surface area contributed by atoms with Crippen molar-refractivity contribution in [2.45, 2.75) is 11.8 Å². The summed E-state index contributed by atoms with van der Waals surface area (Å²) in [6, 6.07) is 16.5. The molecular weight excluding hydrogens is 935 g/mol. The minimum atomic E-state index is -7.22. The molecule has 0 aliphatic carbocycles. The average molecular weight is 952 g/mol. The van der Waals surface area contributed by atoms with Crippen LogP contribution in [0.4, 0.5) is 87.8 Å². The number of Topliss-reactive ketones (excluding diaryl/α,β-unsaturated/α-hetero) is 1. The van der Waals surface area contributed by atoms with Gasteiger partial charge in [-0.3, -0.25) is 4.79 Å². The number of aryl methyl sites for hydroxylation is 1. The van der Waals surface area contributed by atoms with E-state index in [0.29, 0.717) is 5.56 Å². The van der Waals surface area contributed by atoms with Crippen molar-refractivity contribution in [2.75, 3.05) is 12.0 Å². The van der Waals surface area contributed by atoms with Crippen molar-refractivity contribution in [2.24, 2.45) is 0 Å². The van der Waals surface area contributed by atoms with Crippen LogP contribution in [0.15, 0.2) is 59.5 Å². The van der Waals surface area contributed by atoms with Crippen molar-refractivity contribution in [1.82, 2.24) is 0 Å². The van der Waals surface area contributed by atoms with E-state index < -0.39 is 154 Å². The fourth-order valence-electron chi connectivity index (χ4n) is 6.74. The SMILES string of the molecule is Cc1ccc([S+](C)(=O)CC(=O)c2ccccc2)cc1.Fc1c(F)c(F)c([B-](c2c(F)c(F)c(F)c(F)c2F)(c2c(F)c(F)c(F)c(F)c2F)c2c(F)c(F)c(F)c(F)c2F)c(F)c1F. The smallest absolute Gasteiger partial charge is 0.212 e. The van der Waals surface area contributed by atoms with Crippen molar-refractivity contribution in [3.05, 3.63) is 182 Å². The Morgan fingerprint density at radius 1 is 0.391 bits per heavy atom. The van der Waals surface area contributed by atoms with Crippen LogP contribution in [0, 0.1) is 123 Å². The lowest BCUT2D eigenvalue weighted by atomic mass is 9.12. The summed E-state index contributed by atoms with van der Waals surface area (Å²) in [6.45, 7) is 1.98. The van der Waals surface area contributed by atoms with Crippen LogP contribution < -0.4 is 21.9 Å². The molecule has 6 aromatic rings. The monoisotopic (exact) mass is 952 g/mol.